The summed E-state index contributed by atoms with van der Waals surface area (Å²) < 4.78 is 55.2. The minimum atomic E-state index is -2.32. The van der Waals surface area contributed by atoms with Gasteiger partial charge in [-0.3, -0.25) is 4.81 Å². The van der Waals surface area contributed by atoms with E-state index in [0.717, 1.165) is 27.7 Å². The highest BCUT2D eigenvalue weighted by molar-refractivity contribution is 6.77. The van der Waals surface area contributed by atoms with Crippen molar-refractivity contribution in [2.75, 3.05) is 4.81 Å². The normalized spacial score (nSPS) is 17.4. The van der Waals surface area contributed by atoms with Crippen LogP contribution in [0.4, 0.5) is 5.82 Å². The second kappa shape index (κ2) is 6.87. The fraction of sp³-hybridized carbons (Fsp3) is 0.200. The first-order valence-electron chi connectivity index (χ1n) is 12.9. The lowest BCUT2D eigenvalue weighted by atomic mass is 9.60. The van der Waals surface area contributed by atoms with Crippen LogP contribution >= 0.6 is 0 Å². The van der Waals surface area contributed by atoms with Crippen molar-refractivity contribution in [1.82, 2.24) is 4.98 Å². The van der Waals surface area contributed by atoms with Crippen LogP contribution in [0.2, 0.25) is 6.82 Å². The Hall–Kier alpha value is -3.34. The van der Waals surface area contributed by atoms with Crippen LogP contribution < -0.4 is 20.0 Å². The van der Waals surface area contributed by atoms with Crippen LogP contribution in [0.1, 0.15) is 26.4 Å². The summed E-state index contributed by atoms with van der Waals surface area (Å²) in [7, 11) is 1.83. The molecule has 0 bridgehead atoms. The van der Waals surface area contributed by atoms with Crippen molar-refractivity contribution in [2.45, 2.75) is 27.5 Å². The number of rotatable bonds is 2. The van der Waals surface area contributed by atoms with Gasteiger partial charge in [0.2, 0.25) is 5.71 Å². The monoisotopic (exact) mass is 400 g/mol. The van der Waals surface area contributed by atoms with Gasteiger partial charge in [0.15, 0.2) is 5.42 Å². The van der Waals surface area contributed by atoms with Crippen molar-refractivity contribution in [3.8, 4) is 11.1 Å². The van der Waals surface area contributed by atoms with E-state index in [2.05, 4.69) is 22.6 Å². The van der Waals surface area contributed by atoms with E-state index >= 15 is 0 Å². The zero-order chi connectivity index (χ0) is 26.0. The van der Waals surface area contributed by atoms with Gasteiger partial charge in [-0.1, -0.05) is 36.3 Å². The van der Waals surface area contributed by atoms with Gasteiger partial charge in [0, 0.05) is 30.6 Å². The largest absolute Gasteiger partial charge is 0.434 e. The van der Waals surface area contributed by atoms with Gasteiger partial charge in [-0.05, 0) is 56.3 Å². The third-order valence-electron chi connectivity index (χ3n) is 5.68. The molecule has 5 rings (SSSR count). The maximum atomic E-state index is 8.11. The Labute approximate surface area is 185 Å². The third kappa shape index (κ3) is 2.85. The third-order valence-corrected chi connectivity index (χ3v) is 5.68. The smallest absolute Gasteiger partial charge is 0.402 e. The average molecular weight is 400 g/mol. The van der Waals surface area contributed by atoms with E-state index in [1.807, 2.05) is 54.9 Å². The Kier molecular flexibility index (Phi) is 2.99. The maximum absolute atomic E-state index is 8.11. The van der Waals surface area contributed by atoms with E-state index in [0.29, 0.717) is 11.0 Å². The van der Waals surface area contributed by atoms with E-state index in [1.165, 1.54) is 6.07 Å². The number of pyridine rings is 2. The molecule has 1 aliphatic heterocycles. The van der Waals surface area contributed by atoms with Crippen molar-refractivity contribution in [3.05, 3.63) is 76.6 Å². The quantitative estimate of drug-likeness (QED) is 0.381. The number of fused-ring (bicyclic) bond motifs is 3. The van der Waals surface area contributed by atoms with Crippen molar-refractivity contribution in [2.24, 2.45) is 7.05 Å². The van der Waals surface area contributed by atoms with Gasteiger partial charge in [0.05, 0.1) is 13.2 Å². The van der Waals surface area contributed by atoms with Crippen LogP contribution in [0.25, 0.3) is 33.9 Å². The molecule has 4 nitrogen and oxygen atoms in total. The number of hydrogen-bond donors (Lipinski definition) is 0. The van der Waals surface area contributed by atoms with Gasteiger partial charge in [0.25, 0.3) is 5.82 Å². The predicted molar refractivity (Wildman–Crippen MR) is 123 cm³/mol. The minimum Gasteiger partial charge on any atom is -0.434 e. The molecule has 0 N–H and O–H groups in total. The highest BCUT2D eigenvalue weighted by atomic mass is 16.3. The average Bonchev–Trinajstić information content (AvgIpc) is 3.17. The molecule has 0 saturated heterocycles. The molecule has 0 unspecified atom stereocenters. The van der Waals surface area contributed by atoms with Crippen molar-refractivity contribution in [1.29, 1.82) is 0 Å². The van der Waals surface area contributed by atoms with Crippen LogP contribution in [0.15, 0.2) is 59.1 Å². The van der Waals surface area contributed by atoms with Crippen LogP contribution in [0.3, 0.4) is 0 Å². The van der Waals surface area contributed by atoms with Gasteiger partial charge in [0.1, 0.15) is 5.70 Å². The molecule has 1 aliphatic rings. The Balaban J connectivity index is 1.73. The van der Waals surface area contributed by atoms with Crippen molar-refractivity contribution < 1.29 is 17.2 Å². The van der Waals surface area contributed by atoms with Gasteiger partial charge < -0.3 is 4.42 Å². The van der Waals surface area contributed by atoms with E-state index in [9.17, 15) is 0 Å². The molecule has 0 atom stereocenters. The number of nitrogens with zero attached hydrogens (tertiary/aromatic N) is 3. The highest BCUT2D eigenvalue weighted by Crippen LogP contribution is 2.28. The zero-order valence-electron chi connectivity index (χ0n) is 23.1. The summed E-state index contributed by atoms with van der Waals surface area (Å²) in [5, 5.41) is 1.64. The van der Waals surface area contributed by atoms with Crippen LogP contribution in [0, 0.1) is 13.7 Å². The summed E-state index contributed by atoms with van der Waals surface area (Å²) in [4.78, 5) is 6.36. The molecular formula is C25H25BN3O+. The number of aryl methyl sites for hydroxylation is 3. The van der Waals surface area contributed by atoms with Crippen LogP contribution in [-0.2, 0) is 7.05 Å². The summed E-state index contributed by atoms with van der Waals surface area (Å²) in [5.41, 5.74) is 3.44. The fourth-order valence-corrected chi connectivity index (χ4v) is 4.28. The van der Waals surface area contributed by atoms with E-state index in [4.69, 9.17) is 12.6 Å². The molecule has 4 heterocycles. The zero-order valence-corrected chi connectivity index (χ0v) is 17.1. The lowest BCUT2D eigenvalue weighted by Crippen LogP contribution is -2.50. The van der Waals surface area contributed by atoms with Crippen molar-refractivity contribution in [3.63, 3.8) is 0 Å². The molecule has 0 amide bonds. The first-order valence-corrected chi connectivity index (χ1v) is 9.88. The molecule has 0 spiro atoms. The summed E-state index contributed by atoms with van der Waals surface area (Å²) >= 11 is 0. The molecule has 0 fully saturated rings. The van der Waals surface area contributed by atoms with Gasteiger partial charge in [-0.25, -0.2) is 9.55 Å². The first-order chi connectivity index (χ1) is 16.9. The second-order valence-corrected chi connectivity index (χ2v) is 7.69. The Morgan fingerprint density at radius 3 is 2.73 bits per heavy atom. The number of benzene rings is 1. The number of aromatic nitrogens is 2. The first kappa shape index (κ1) is 13.1. The van der Waals surface area contributed by atoms with Crippen molar-refractivity contribution >= 4 is 35.4 Å². The molecule has 3 aromatic heterocycles. The summed E-state index contributed by atoms with van der Waals surface area (Å²) in [6.45, 7) is -0.702. The number of hydrogen-bond acceptors (Lipinski definition) is 3. The van der Waals surface area contributed by atoms with E-state index in [1.54, 1.807) is 12.3 Å². The van der Waals surface area contributed by atoms with E-state index in [-0.39, 0.29) is 23.8 Å². The summed E-state index contributed by atoms with van der Waals surface area (Å²) in [6, 6.07) is 14.7. The minimum absolute atomic E-state index is 0.0113. The standard InChI is InChI=1S/C25H25BN3O/c1-16-15-28(5)23(13-21(16)19-9-7-6-8-10-19)29-18(3)24-22(14-26(29)4)20-12-11-17(2)27-25(20)30-24/h6-15H,1-5H3/q+1/i1D3,2D3. The van der Waals surface area contributed by atoms with Gasteiger partial charge in [-0.15, -0.1) is 0 Å². The van der Waals surface area contributed by atoms with Crippen LogP contribution in [0.5, 0.6) is 0 Å². The molecular weight excluding hydrogens is 369 g/mol. The van der Waals surface area contributed by atoms with Gasteiger partial charge in [-0.2, -0.15) is 0 Å². The highest BCUT2D eigenvalue weighted by Gasteiger charge is 2.34. The maximum Gasteiger partial charge on any atom is 0.402 e. The summed E-state index contributed by atoms with van der Waals surface area (Å²) in [6.07, 6.45) is 1.67. The molecule has 5 heteroatoms. The Bertz CT molecular complexity index is 1610. The number of furan rings is 1. The fourth-order valence-electron chi connectivity index (χ4n) is 4.28. The molecule has 1 aromatic carbocycles. The second-order valence-electron chi connectivity index (χ2n) is 7.69. The molecule has 4 aromatic rings. The van der Waals surface area contributed by atoms with E-state index < -0.39 is 13.7 Å². The lowest BCUT2D eigenvalue weighted by Gasteiger charge is -2.24. The topological polar surface area (TPSA) is 33.2 Å². The Morgan fingerprint density at radius 2 is 1.97 bits per heavy atom. The summed E-state index contributed by atoms with van der Waals surface area (Å²) in [5.74, 6) is 2.86. The number of anilines is 1. The predicted octanol–water partition coefficient (Wildman–Crippen LogP) is 3.53. The SMILES string of the molecule is [2H]C([2H])([2H])c1ccc2c3c(oc2n1)=C(C)N(c1cc(-c2ccccc2)c(C([2H])([2H])[2H])c[n+]1C)B(C)C=3. The Morgan fingerprint density at radius 1 is 1.13 bits per heavy atom. The molecule has 148 valence electrons. The van der Waals surface area contributed by atoms with Gasteiger partial charge >= 0.3 is 6.85 Å². The molecule has 0 aliphatic carbocycles. The molecule has 0 saturated carbocycles. The molecule has 30 heavy (non-hydrogen) atoms. The lowest BCUT2D eigenvalue weighted by molar-refractivity contribution is -0.658. The molecule has 0 radical (unpaired) electrons. The van der Waals surface area contributed by atoms with Crippen LogP contribution in [-0.4, -0.2) is 11.8 Å².